The molecular weight excluding hydrogens is 368 g/mol. The summed E-state index contributed by atoms with van der Waals surface area (Å²) < 4.78 is 11.5. The van der Waals surface area contributed by atoms with Crippen LogP contribution >= 0.6 is 0 Å². The average molecular weight is 401 g/mol. The standard InChI is InChI=1S/C22H32N2O3Si/c1-16(2)28(17(3)4,18(5)6)27-19(7)21(24-23)22(25)26-15-11-14-20-12-9-8-10-13-20/h8-14,16-18H,7,15H2,1-6H3/b14-11+. The Bertz CT molecular complexity index is 727. The third-order valence-corrected chi connectivity index (χ3v) is 11.0. The van der Waals surface area contributed by atoms with Crippen LogP contribution in [0.4, 0.5) is 0 Å². The second kappa shape index (κ2) is 10.8. The highest BCUT2D eigenvalue weighted by Crippen LogP contribution is 2.43. The van der Waals surface area contributed by atoms with Crippen molar-refractivity contribution in [3.05, 3.63) is 59.8 Å². The minimum atomic E-state index is -2.31. The van der Waals surface area contributed by atoms with E-state index in [2.05, 4.69) is 52.9 Å². The summed E-state index contributed by atoms with van der Waals surface area (Å²) in [5, 5.41) is 0. The van der Waals surface area contributed by atoms with Gasteiger partial charge in [-0.25, -0.2) is 4.79 Å². The summed E-state index contributed by atoms with van der Waals surface area (Å²) >= 11 is 0. The van der Waals surface area contributed by atoms with Crippen LogP contribution in [0.15, 0.2) is 48.7 Å². The van der Waals surface area contributed by atoms with Crippen molar-refractivity contribution in [3.63, 3.8) is 0 Å². The summed E-state index contributed by atoms with van der Waals surface area (Å²) in [6.07, 6.45) is 3.57. The predicted octanol–water partition coefficient (Wildman–Crippen LogP) is 5.62. The Balaban J connectivity index is 2.83. The highest BCUT2D eigenvalue weighted by molar-refractivity contribution is 6.78. The lowest BCUT2D eigenvalue weighted by Gasteiger charge is -2.41. The van der Waals surface area contributed by atoms with Crippen LogP contribution in [0.25, 0.3) is 11.6 Å². The molecule has 0 aliphatic rings. The van der Waals surface area contributed by atoms with Crippen LogP contribution in [0.1, 0.15) is 47.1 Å². The maximum atomic E-state index is 12.4. The zero-order chi connectivity index (χ0) is 21.3. The molecule has 0 unspecified atom stereocenters. The van der Waals surface area contributed by atoms with E-state index >= 15 is 0 Å². The topological polar surface area (TPSA) is 71.9 Å². The quantitative estimate of drug-likeness (QED) is 0.128. The van der Waals surface area contributed by atoms with Gasteiger partial charge in [0.15, 0.2) is 5.76 Å². The van der Waals surface area contributed by atoms with Gasteiger partial charge in [0.05, 0.1) is 0 Å². The Morgan fingerprint density at radius 2 is 1.64 bits per heavy atom. The number of esters is 1. The van der Waals surface area contributed by atoms with E-state index in [0.717, 1.165) is 5.56 Å². The minimum absolute atomic E-state index is 0.0567. The number of benzene rings is 1. The second-order valence-electron chi connectivity index (χ2n) is 7.70. The molecule has 0 N–H and O–H groups in total. The molecule has 0 heterocycles. The van der Waals surface area contributed by atoms with Gasteiger partial charge in [0.2, 0.25) is 0 Å². The van der Waals surface area contributed by atoms with Gasteiger partial charge in [0.1, 0.15) is 6.61 Å². The highest BCUT2D eigenvalue weighted by Gasteiger charge is 2.49. The van der Waals surface area contributed by atoms with E-state index in [1.165, 1.54) is 0 Å². The smallest absolute Gasteiger partial charge is 0.438 e. The molecule has 1 aromatic carbocycles. The van der Waals surface area contributed by atoms with Gasteiger partial charge in [0.25, 0.3) is 8.32 Å². The third-order valence-electron chi connectivity index (χ3n) is 4.99. The average Bonchev–Trinajstić information content (AvgIpc) is 2.63. The molecule has 0 atom stereocenters. The number of rotatable bonds is 10. The molecule has 1 rings (SSSR count). The third kappa shape index (κ3) is 5.78. The van der Waals surface area contributed by atoms with Crippen molar-refractivity contribution < 1.29 is 18.7 Å². The van der Waals surface area contributed by atoms with Crippen molar-refractivity contribution in [2.45, 2.75) is 58.2 Å². The van der Waals surface area contributed by atoms with Crippen LogP contribution in [0, 0.1) is 0 Å². The number of nitrogens with zero attached hydrogens (tertiary/aromatic N) is 2. The molecule has 0 aromatic heterocycles. The normalized spacial score (nSPS) is 11.8. The van der Waals surface area contributed by atoms with Gasteiger partial charge in [-0.1, -0.05) is 78.0 Å². The molecule has 0 aliphatic heterocycles. The molecule has 0 spiro atoms. The van der Waals surface area contributed by atoms with E-state index < -0.39 is 14.3 Å². The van der Waals surface area contributed by atoms with Gasteiger partial charge >= 0.3 is 11.7 Å². The van der Waals surface area contributed by atoms with Gasteiger partial charge in [-0.2, -0.15) is 4.79 Å². The van der Waals surface area contributed by atoms with E-state index in [1.54, 1.807) is 6.08 Å². The van der Waals surface area contributed by atoms with Crippen LogP contribution in [0.3, 0.4) is 0 Å². The summed E-state index contributed by atoms with van der Waals surface area (Å²) in [5.74, 6) is -0.688. The first-order valence-corrected chi connectivity index (χ1v) is 11.8. The van der Waals surface area contributed by atoms with Crippen LogP contribution in [0.5, 0.6) is 0 Å². The van der Waals surface area contributed by atoms with Crippen LogP contribution in [-0.4, -0.2) is 31.4 Å². The number of ether oxygens (including phenoxy) is 1. The van der Waals surface area contributed by atoms with Gasteiger partial charge in [-0.05, 0) is 34.8 Å². The highest BCUT2D eigenvalue weighted by atomic mass is 28.4. The van der Waals surface area contributed by atoms with Gasteiger partial charge < -0.3 is 14.7 Å². The van der Waals surface area contributed by atoms with E-state index in [-0.39, 0.29) is 18.1 Å². The van der Waals surface area contributed by atoms with Gasteiger partial charge in [-0.3, -0.25) is 0 Å². The zero-order valence-electron chi connectivity index (χ0n) is 17.8. The van der Waals surface area contributed by atoms with Crippen molar-refractivity contribution in [1.82, 2.24) is 0 Å². The fraction of sp³-hybridized carbons (Fsp3) is 0.455. The van der Waals surface area contributed by atoms with Crippen LogP contribution < -0.4 is 0 Å². The summed E-state index contributed by atoms with van der Waals surface area (Å²) in [5.41, 5.74) is 11.0. The number of hydrogen-bond acceptors (Lipinski definition) is 3. The maximum Gasteiger partial charge on any atom is 0.438 e. The molecule has 0 aliphatic carbocycles. The van der Waals surface area contributed by atoms with Crippen molar-refractivity contribution >= 4 is 26.1 Å². The molecule has 0 fully saturated rings. The molecule has 28 heavy (non-hydrogen) atoms. The summed E-state index contributed by atoms with van der Waals surface area (Å²) in [4.78, 5) is 15.5. The molecular formula is C22H32N2O3Si. The van der Waals surface area contributed by atoms with Gasteiger partial charge in [-0.15, -0.1) is 0 Å². The molecule has 5 nitrogen and oxygen atoms in total. The van der Waals surface area contributed by atoms with Crippen molar-refractivity contribution in [2.75, 3.05) is 6.61 Å². The van der Waals surface area contributed by atoms with Crippen molar-refractivity contribution in [2.24, 2.45) is 0 Å². The van der Waals surface area contributed by atoms with E-state index in [1.807, 2.05) is 36.4 Å². The lowest BCUT2D eigenvalue weighted by molar-refractivity contribution is -0.139. The van der Waals surface area contributed by atoms with E-state index in [4.69, 9.17) is 9.16 Å². The fourth-order valence-electron chi connectivity index (χ4n) is 3.77. The van der Waals surface area contributed by atoms with Crippen molar-refractivity contribution in [3.8, 4) is 0 Å². The molecule has 1 aromatic rings. The SMILES string of the molecule is C=C(O[Si](C(C)C)(C(C)C)C(C)C)C(=[N+]=[N-])C(=O)OC/C=C/c1ccccc1. The van der Waals surface area contributed by atoms with Crippen LogP contribution in [-0.2, 0) is 14.0 Å². The zero-order valence-corrected chi connectivity index (χ0v) is 18.8. The Labute approximate surface area is 169 Å². The van der Waals surface area contributed by atoms with E-state index in [9.17, 15) is 10.3 Å². The fourth-order valence-corrected chi connectivity index (χ4v) is 9.00. The minimum Gasteiger partial charge on any atom is -0.538 e. The molecule has 152 valence electrons. The maximum absolute atomic E-state index is 12.4. The lowest BCUT2D eigenvalue weighted by atomic mass is 10.2. The van der Waals surface area contributed by atoms with Gasteiger partial charge in [0, 0.05) is 0 Å². The molecule has 0 amide bonds. The lowest BCUT2D eigenvalue weighted by Crippen LogP contribution is -2.48. The number of hydrogen-bond donors (Lipinski definition) is 0. The molecule has 0 bridgehead atoms. The Morgan fingerprint density at radius 1 is 1.11 bits per heavy atom. The summed E-state index contributed by atoms with van der Waals surface area (Å²) in [6, 6.07) is 9.68. The molecule has 0 saturated carbocycles. The summed E-state index contributed by atoms with van der Waals surface area (Å²) in [7, 11) is -2.31. The first kappa shape index (κ1) is 23.6. The molecule has 0 saturated heterocycles. The largest absolute Gasteiger partial charge is 0.538 e. The molecule has 6 heteroatoms. The van der Waals surface area contributed by atoms with Crippen LogP contribution in [0.2, 0.25) is 16.6 Å². The Hall–Kier alpha value is -2.43. The first-order valence-electron chi connectivity index (χ1n) is 9.65. The van der Waals surface area contributed by atoms with Crippen molar-refractivity contribution in [1.29, 1.82) is 0 Å². The summed E-state index contributed by atoms with van der Waals surface area (Å²) in [6.45, 7) is 16.7. The second-order valence-corrected chi connectivity index (χ2v) is 13.1. The Kier molecular flexibility index (Phi) is 9.09. The monoisotopic (exact) mass is 400 g/mol. The molecule has 0 radical (unpaired) electrons. The van der Waals surface area contributed by atoms with E-state index in [0.29, 0.717) is 16.6 Å². The number of carbonyl (C=O) groups is 1. The first-order chi connectivity index (χ1) is 13.2. The Morgan fingerprint density at radius 3 is 2.11 bits per heavy atom. The number of carbonyl (C=O) groups excluding carboxylic acids is 1. The predicted molar refractivity (Wildman–Crippen MR) is 116 cm³/mol.